The fraction of sp³-hybridized carbons (Fsp3) is 0.556. The molecule has 0 saturated carbocycles. The first-order chi connectivity index (χ1) is 20.8. The second kappa shape index (κ2) is 16.2. The molecular formula is C27H36Cl2N10O4. The van der Waals surface area contributed by atoms with Gasteiger partial charge in [-0.2, -0.15) is 0 Å². The van der Waals surface area contributed by atoms with Crippen LogP contribution >= 0.6 is 23.2 Å². The van der Waals surface area contributed by atoms with E-state index in [1.807, 2.05) is 31.7 Å². The number of hydrogen-bond acceptors (Lipinski definition) is 6. The molecular weight excluding hydrogens is 599 g/mol. The average Bonchev–Trinajstić information content (AvgIpc) is 3.52. The van der Waals surface area contributed by atoms with E-state index in [1.165, 1.54) is 0 Å². The number of unbranched alkanes of at least 4 members (excludes halogenated alkanes) is 6. The van der Waals surface area contributed by atoms with Crippen molar-refractivity contribution in [2.45, 2.75) is 58.0 Å². The highest BCUT2D eigenvalue weighted by Crippen LogP contribution is 2.18. The summed E-state index contributed by atoms with van der Waals surface area (Å²) in [4.78, 5) is 38.3. The number of aromatic nitrogens is 2. The van der Waals surface area contributed by atoms with E-state index in [0.29, 0.717) is 61.5 Å². The molecule has 2 aromatic rings. The van der Waals surface area contributed by atoms with Gasteiger partial charge in [0, 0.05) is 64.8 Å². The Morgan fingerprint density at radius 1 is 0.628 bits per heavy atom. The number of pyridine rings is 2. The van der Waals surface area contributed by atoms with E-state index in [2.05, 4.69) is 20.2 Å². The third kappa shape index (κ3) is 10.2. The van der Waals surface area contributed by atoms with Gasteiger partial charge in [-0.15, -0.1) is 0 Å². The average molecular weight is 636 g/mol. The molecule has 0 spiro atoms. The minimum absolute atomic E-state index is 0.394. The van der Waals surface area contributed by atoms with Crippen molar-refractivity contribution in [2.75, 3.05) is 39.3 Å². The van der Waals surface area contributed by atoms with Gasteiger partial charge in [-0.05, 0) is 36.1 Å². The van der Waals surface area contributed by atoms with Crippen LogP contribution in [0.3, 0.4) is 0 Å². The maximum atomic E-state index is 11.2. The molecule has 2 fully saturated rings. The Bertz CT molecular complexity index is 1180. The molecule has 4 rings (SSSR count). The number of guanidine groups is 2. The van der Waals surface area contributed by atoms with Crippen molar-refractivity contribution in [3.05, 3.63) is 78.3 Å². The molecule has 0 aliphatic carbocycles. The summed E-state index contributed by atoms with van der Waals surface area (Å²) >= 11 is 11.7. The molecule has 0 radical (unpaired) electrons. The van der Waals surface area contributed by atoms with Crippen molar-refractivity contribution >= 4 is 35.1 Å². The minimum atomic E-state index is -0.635. The third-order valence-corrected chi connectivity index (χ3v) is 7.88. The van der Waals surface area contributed by atoms with Crippen LogP contribution in [0.4, 0.5) is 0 Å². The molecule has 0 amide bonds. The van der Waals surface area contributed by atoms with Gasteiger partial charge in [0.15, 0.2) is 10.1 Å². The first-order valence-electron chi connectivity index (χ1n) is 14.4. The number of halogens is 2. The van der Waals surface area contributed by atoms with Crippen LogP contribution in [0.2, 0.25) is 10.3 Å². The van der Waals surface area contributed by atoms with Gasteiger partial charge in [0.1, 0.15) is 20.5 Å². The summed E-state index contributed by atoms with van der Waals surface area (Å²) in [7, 11) is 0. The van der Waals surface area contributed by atoms with Gasteiger partial charge in [-0.3, -0.25) is 0 Å². The Morgan fingerprint density at radius 3 is 1.35 bits per heavy atom. The largest absolute Gasteiger partial charge is 0.336 e. The minimum Gasteiger partial charge on any atom is -0.336 e. The lowest BCUT2D eigenvalue weighted by molar-refractivity contribution is -0.486. The van der Waals surface area contributed by atoms with Crippen molar-refractivity contribution < 1.29 is 10.1 Å². The van der Waals surface area contributed by atoms with Gasteiger partial charge in [0.25, 0.3) is 11.9 Å². The second-order valence-electron chi connectivity index (χ2n) is 10.5. The number of nitro groups is 2. The van der Waals surface area contributed by atoms with E-state index in [-0.39, 0.29) is 0 Å². The molecule has 0 atom stereocenters. The highest BCUT2D eigenvalue weighted by atomic mass is 35.5. The predicted octanol–water partition coefficient (Wildman–Crippen LogP) is 4.54. The zero-order valence-electron chi connectivity index (χ0n) is 23.9. The smallest absolute Gasteiger partial charge is 0.274 e. The highest BCUT2D eigenvalue weighted by Gasteiger charge is 2.30. The summed E-state index contributed by atoms with van der Waals surface area (Å²) in [5.74, 6) is 0.787. The van der Waals surface area contributed by atoms with Crippen LogP contribution < -0.4 is 0 Å². The van der Waals surface area contributed by atoms with Crippen molar-refractivity contribution in [3.8, 4) is 0 Å². The number of hydrazone groups is 2. The monoisotopic (exact) mass is 634 g/mol. The summed E-state index contributed by atoms with van der Waals surface area (Å²) in [6, 6.07) is 7.14. The van der Waals surface area contributed by atoms with Crippen molar-refractivity contribution in [2.24, 2.45) is 10.2 Å². The van der Waals surface area contributed by atoms with E-state index < -0.39 is 10.1 Å². The molecule has 0 bridgehead atoms. The zero-order chi connectivity index (χ0) is 30.6. The lowest BCUT2D eigenvalue weighted by Crippen LogP contribution is -2.34. The standard InChI is InChI=1S/C27H36Cl2N10O4/c28-24-10-8-22(18-30-24)20-36-16-14-34(26(36)32-38(40)41)12-6-4-2-1-3-5-7-13-35-15-17-37(27(35)33-39(42)43)21-23-9-11-25(29)31-19-23/h8-11,18-19H,1-7,12-17,20-21H2/b32-26-,33-27+. The Morgan fingerprint density at radius 2 is 1.00 bits per heavy atom. The summed E-state index contributed by atoms with van der Waals surface area (Å²) in [6.45, 7) is 5.13. The lowest BCUT2D eigenvalue weighted by atomic mass is 10.1. The number of rotatable bonds is 16. The van der Waals surface area contributed by atoms with Gasteiger partial charge >= 0.3 is 0 Å². The molecule has 16 heteroatoms. The molecule has 0 aromatic carbocycles. The quantitative estimate of drug-likeness (QED) is 0.111. The van der Waals surface area contributed by atoms with Crippen LogP contribution in [0.25, 0.3) is 0 Å². The fourth-order valence-corrected chi connectivity index (χ4v) is 5.56. The summed E-state index contributed by atoms with van der Waals surface area (Å²) in [5, 5.41) is 29.2. The number of hydrogen-bond donors (Lipinski definition) is 0. The Labute approximate surface area is 260 Å². The van der Waals surface area contributed by atoms with Crippen molar-refractivity contribution in [3.63, 3.8) is 0 Å². The molecule has 14 nitrogen and oxygen atoms in total. The van der Waals surface area contributed by atoms with Crippen molar-refractivity contribution in [1.82, 2.24) is 29.6 Å². The maximum absolute atomic E-state index is 11.2. The second-order valence-corrected chi connectivity index (χ2v) is 11.3. The molecule has 43 heavy (non-hydrogen) atoms. The highest BCUT2D eigenvalue weighted by molar-refractivity contribution is 6.29. The summed E-state index contributed by atoms with van der Waals surface area (Å²) < 4.78 is 0. The van der Waals surface area contributed by atoms with Gasteiger partial charge < -0.3 is 19.6 Å². The van der Waals surface area contributed by atoms with Crippen LogP contribution in [0.5, 0.6) is 0 Å². The van der Waals surface area contributed by atoms with E-state index in [1.54, 1.807) is 24.5 Å². The van der Waals surface area contributed by atoms with E-state index in [4.69, 9.17) is 23.2 Å². The van der Waals surface area contributed by atoms with Crippen LogP contribution in [-0.4, -0.2) is 90.8 Å². The first kappa shape index (κ1) is 32.1. The van der Waals surface area contributed by atoms with Crippen LogP contribution in [0.1, 0.15) is 56.1 Å². The maximum Gasteiger partial charge on any atom is 0.274 e. The summed E-state index contributed by atoms with van der Waals surface area (Å²) in [5.41, 5.74) is 1.84. The first-order valence-corrected chi connectivity index (χ1v) is 15.2. The van der Waals surface area contributed by atoms with E-state index in [9.17, 15) is 20.2 Å². The molecule has 0 unspecified atom stereocenters. The molecule has 2 aliphatic rings. The topological polar surface area (TPSA) is 150 Å². The van der Waals surface area contributed by atoms with E-state index in [0.717, 1.165) is 69.2 Å². The van der Waals surface area contributed by atoms with E-state index >= 15 is 0 Å². The van der Waals surface area contributed by atoms with Gasteiger partial charge in [0.2, 0.25) is 0 Å². The molecule has 2 saturated heterocycles. The Kier molecular flexibility index (Phi) is 12.1. The Hall–Kier alpha value is -3.78. The van der Waals surface area contributed by atoms with Gasteiger partial charge in [-0.25, -0.2) is 30.2 Å². The predicted molar refractivity (Wildman–Crippen MR) is 164 cm³/mol. The number of nitrogens with zero attached hydrogens (tertiary/aromatic N) is 10. The molecule has 0 N–H and O–H groups in total. The van der Waals surface area contributed by atoms with Gasteiger partial charge in [-0.1, -0.05) is 67.4 Å². The molecule has 4 heterocycles. The van der Waals surface area contributed by atoms with Crippen LogP contribution in [0, 0.1) is 20.2 Å². The van der Waals surface area contributed by atoms with Crippen LogP contribution in [-0.2, 0) is 13.1 Å². The van der Waals surface area contributed by atoms with Crippen LogP contribution in [0.15, 0.2) is 46.9 Å². The molecule has 2 aromatic heterocycles. The SMILES string of the molecule is O=[N+]([O-])/N=C1/N(CCCCCCCCCN2CCN(Cc3ccc(Cl)nc3)/C2=N/[N+](=O)[O-])CCN1Cc1ccc(Cl)nc1. The fourth-order valence-electron chi connectivity index (χ4n) is 5.33. The third-order valence-electron chi connectivity index (χ3n) is 7.43. The van der Waals surface area contributed by atoms with Crippen molar-refractivity contribution in [1.29, 1.82) is 0 Å². The molecule has 232 valence electrons. The Balaban J connectivity index is 1.12. The summed E-state index contributed by atoms with van der Waals surface area (Å²) in [6.07, 6.45) is 10.5. The normalized spacial score (nSPS) is 17.1. The zero-order valence-corrected chi connectivity index (χ0v) is 25.4. The lowest BCUT2D eigenvalue weighted by Gasteiger charge is -2.21. The molecule has 2 aliphatic heterocycles. The van der Waals surface area contributed by atoms with Gasteiger partial charge in [0.05, 0.1) is 0 Å².